The minimum Gasteiger partial charge on any atom is -0.492 e. The lowest BCUT2D eigenvalue weighted by Gasteiger charge is -2.07. The summed E-state index contributed by atoms with van der Waals surface area (Å²) >= 11 is 0. The molecule has 1 aromatic carbocycles. The van der Waals surface area contributed by atoms with Crippen molar-refractivity contribution in [2.45, 2.75) is 13.5 Å². The van der Waals surface area contributed by atoms with Gasteiger partial charge in [-0.2, -0.15) is 10.4 Å². The van der Waals surface area contributed by atoms with Gasteiger partial charge in [0, 0.05) is 6.07 Å². The number of benzene rings is 1. The van der Waals surface area contributed by atoms with Crippen molar-refractivity contribution < 1.29 is 4.74 Å². The third kappa shape index (κ3) is 3.42. The van der Waals surface area contributed by atoms with E-state index in [0.29, 0.717) is 24.5 Å². The lowest BCUT2D eigenvalue weighted by molar-refractivity contribution is 0.287. The lowest BCUT2D eigenvalue weighted by Crippen LogP contribution is -2.25. The third-order valence-electron chi connectivity index (χ3n) is 2.56. The van der Waals surface area contributed by atoms with Gasteiger partial charge >= 0.3 is 0 Å². The SMILES string of the molecule is Cc1ccc(=O)n(CCOc2ccc(C#N)cc2)n1. The highest BCUT2D eigenvalue weighted by atomic mass is 16.5. The second kappa shape index (κ2) is 5.83. The Morgan fingerprint density at radius 1 is 1.26 bits per heavy atom. The minimum atomic E-state index is -0.144. The fourth-order valence-electron chi connectivity index (χ4n) is 1.59. The standard InChI is InChI=1S/C14H13N3O2/c1-11-2-7-14(18)17(16-11)8-9-19-13-5-3-12(10-15)4-6-13/h2-7H,8-9H2,1H3. The molecular formula is C14H13N3O2. The second-order valence-electron chi connectivity index (χ2n) is 4.02. The Bertz CT molecular complexity index is 654. The van der Waals surface area contributed by atoms with Gasteiger partial charge in [-0.1, -0.05) is 0 Å². The fourth-order valence-corrected chi connectivity index (χ4v) is 1.59. The molecule has 0 aliphatic heterocycles. The van der Waals surface area contributed by atoms with Crippen molar-refractivity contribution in [3.63, 3.8) is 0 Å². The van der Waals surface area contributed by atoms with E-state index in [0.717, 1.165) is 5.69 Å². The van der Waals surface area contributed by atoms with E-state index in [1.807, 2.05) is 13.0 Å². The van der Waals surface area contributed by atoms with Gasteiger partial charge < -0.3 is 4.74 Å². The number of nitriles is 1. The number of hydrogen-bond acceptors (Lipinski definition) is 4. The molecule has 0 N–H and O–H groups in total. The van der Waals surface area contributed by atoms with Crippen LogP contribution >= 0.6 is 0 Å². The molecule has 0 spiro atoms. The summed E-state index contributed by atoms with van der Waals surface area (Å²) in [4.78, 5) is 11.5. The summed E-state index contributed by atoms with van der Waals surface area (Å²) < 4.78 is 6.87. The van der Waals surface area contributed by atoms with Crippen LogP contribution < -0.4 is 10.3 Å². The van der Waals surface area contributed by atoms with E-state index in [2.05, 4.69) is 5.10 Å². The fraction of sp³-hybridized carbons (Fsp3) is 0.214. The summed E-state index contributed by atoms with van der Waals surface area (Å²) in [6, 6.07) is 12.0. The van der Waals surface area contributed by atoms with Crippen LogP contribution in [-0.4, -0.2) is 16.4 Å². The van der Waals surface area contributed by atoms with E-state index in [9.17, 15) is 4.79 Å². The van der Waals surface area contributed by atoms with Gasteiger partial charge in [-0.15, -0.1) is 0 Å². The van der Waals surface area contributed by atoms with E-state index in [-0.39, 0.29) is 5.56 Å². The molecule has 2 rings (SSSR count). The molecule has 5 nitrogen and oxygen atoms in total. The molecule has 0 aliphatic rings. The van der Waals surface area contributed by atoms with Gasteiger partial charge in [-0.25, -0.2) is 4.68 Å². The molecular weight excluding hydrogens is 242 g/mol. The first-order valence-corrected chi connectivity index (χ1v) is 5.87. The molecule has 0 unspecified atom stereocenters. The molecule has 19 heavy (non-hydrogen) atoms. The number of rotatable bonds is 4. The second-order valence-corrected chi connectivity index (χ2v) is 4.02. The first-order chi connectivity index (χ1) is 9.19. The molecule has 2 aromatic rings. The van der Waals surface area contributed by atoms with Gasteiger partial charge in [0.05, 0.1) is 23.9 Å². The Morgan fingerprint density at radius 3 is 2.68 bits per heavy atom. The van der Waals surface area contributed by atoms with Crippen molar-refractivity contribution in [3.05, 3.63) is 58.0 Å². The van der Waals surface area contributed by atoms with Crippen molar-refractivity contribution >= 4 is 0 Å². The van der Waals surface area contributed by atoms with Crippen LogP contribution in [0.3, 0.4) is 0 Å². The molecule has 1 heterocycles. The summed E-state index contributed by atoms with van der Waals surface area (Å²) in [5.74, 6) is 0.666. The van der Waals surface area contributed by atoms with Crippen LogP contribution in [0.1, 0.15) is 11.3 Å². The molecule has 0 saturated heterocycles. The topological polar surface area (TPSA) is 67.9 Å². The van der Waals surface area contributed by atoms with Gasteiger partial charge in [0.25, 0.3) is 5.56 Å². The van der Waals surface area contributed by atoms with Crippen LogP contribution in [0, 0.1) is 18.3 Å². The average molecular weight is 255 g/mol. The van der Waals surface area contributed by atoms with E-state index in [1.165, 1.54) is 10.7 Å². The number of aryl methyl sites for hydroxylation is 1. The van der Waals surface area contributed by atoms with Crippen LogP contribution in [0.25, 0.3) is 0 Å². The van der Waals surface area contributed by atoms with Gasteiger partial charge in [0.1, 0.15) is 12.4 Å². The highest BCUT2D eigenvalue weighted by Gasteiger charge is 1.99. The highest BCUT2D eigenvalue weighted by Crippen LogP contribution is 2.11. The van der Waals surface area contributed by atoms with Crippen molar-refractivity contribution in [2.75, 3.05) is 6.61 Å². The van der Waals surface area contributed by atoms with Gasteiger partial charge in [0.15, 0.2) is 0 Å². The summed E-state index contributed by atoms with van der Waals surface area (Å²) in [5, 5.41) is 12.8. The summed E-state index contributed by atoms with van der Waals surface area (Å²) in [6.45, 7) is 2.57. The van der Waals surface area contributed by atoms with E-state index in [4.69, 9.17) is 10.00 Å². The molecule has 0 amide bonds. The van der Waals surface area contributed by atoms with E-state index >= 15 is 0 Å². The monoisotopic (exact) mass is 255 g/mol. The molecule has 0 aliphatic carbocycles. The maximum atomic E-state index is 11.5. The zero-order valence-electron chi connectivity index (χ0n) is 10.5. The summed E-state index contributed by atoms with van der Waals surface area (Å²) in [6.07, 6.45) is 0. The normalized spacial score (nSPS) is 9.89. The van der Waals surface area contributed by atoms with Crippen LogP contribution in [0.2, 0.25) is 0 Å². The summed E-state index contributed by atoms with van der Waals surface area (Å²) in [5.41, 5.74) is 1.23. The maximum Gasteiger partial charge on any atom is 0.266 e. The number of ether oxygens (including phenoxy) is 1. The average Bonchev–Trinajstić information content (AvgIpc) is 2.43. The largest absolute Gasteiger partial charge is 0.492 e. The molecule has 0 bridgehead atoms. The number of hydrogen-bond donors (Lipinski definition) is 0. The minimum absolute atomic E-state index is 0.144. The van der Waals surface area contributed by atoms with Gasteiger partial charge in [-0.3, -0.25) is 4.79 Å². The Kier molecular flexibility index (Phi) is 3.94. The zero-order valence-corrected chi connectivity index (χ0v) is 10.5. The molecule has 5 heteroatoms. The van der Waals surface area contributed by atoms with Gasteiger partial charge in [0.2, 0.25) is 0 Å². The maximum absolute atomic E-state index is 11.5. The zero-order chi connectivity index (χ0) is 13.7. The van der Waals surface area contributed by atoms with Gasteiger partial charge in [-0.05, 0) is 37.3 Å². The van der Waals surface area contributed by atoms with Crippen LogP contribution in [0.5, 0.6) is 5.75 Å². The van der Waals surface area contributed by atoms with Crippen LogP contribution in [-0.2, 0) is 6.54 Å². The Hall–Kier alpha value is -2.61. The van der Waals surface area contributed by atoms with Crippen molar-refractivity contribution in [1.29, 1.82) is 5.26 Å². The molecule has 0 radical (unpaired) electrons. The predicted octanol–water partition coefficient (Wildman–Crippen LogP) is 1.50. The Labute approximate surface area is 110 Å². The van der Waals surface area contributed by atoms with E-state index in [1.54, 1.807) is 30.3 Å². The van der Waals surface area contributed by atoms with E-state index < -0.39 is 0 Å². The third-order valence-corrected chi connectivity index (χ3v) is 2.56. The summed E-state index contributed by atoms with van der Waals surface area (Å²) in [7, 11) is 0. The lowest BCUT2D eigenvalue weighted by atomic mass is 10.2. The number of aromatic nitrogens is 2. The van der Waals surface area contributed by atoms with Crippen LogP contribution in [0.15, 0.2) is 41.2 Å². The Balaban J connectivity index is 1.94. The quantitative estimate of drug-likeness (QED) is 0.830. The van der Waals surface area contributed by atoms with Crippen molar-refractivity contribution in [2.24, 2.45) is 0 Å². The predicted molar refractivity (Wildman–Crippen MR) is 69.9 cm³/mol. The highest BCUT2D eigenvalue weighted by molar-refractivity contribution is 5.34. The first-order valence-electron chi connectivity index (χ1n) is 5.87. The first kappa shape index (κ1) is 12.8. The smallest absolute Gasteiger partial charge is 0.266 e. The molecule has 96 valence electrons. The molecule has 0 atom stereocenters. The Morgan fingerprint density at radius 2 is 2.00 bits per heavy atom. The molecule has 0 fully saturated rings. The van der Waals surface area contributed by atoms with Crippen molar-refractivity contribution in [3.8, 4) is 11.8 Å². The molecule has 1 aromatic heterocycles. The van der Waals surface area contributed by atoms with Crippen molar-refractivity contribution in [1.82, 2.24) is 9.78 Å². The van der Waals surface area contributed by atoms with Crippen LogP contribution in [0.4, 0.5) is 0 Å². The molecule has 0 saturated carbocycles. The number of nitrogens with zero attached hydrogens (tertiary/aromatic N) is 3.